The summed E-state index contributed by atoms with van der Waals surface area (Å²) in [6.07, 6.45) is -4.56. The van der Waals surface area contributed by atoms with Gasteiger partial charge in [-0.05, 0) is 25.1 Å². The van der Waals surface area contributed by atoms with Gasteiger partial charge in [-0.15, -0.1) is 5.10 Å². The molecule has 0 aliphatic rings. The van der Waals surface area contributed by atoms with Crippen molar-refractivity contribution >= 4 is 17.4 Å². The summed E-state index contributed by atoms with van der Waals surface area (Å²) < 4.78 is 45.0. The Morgan fingerprint density at radius 2 is 1.83 bits per heavy atom. The average molecular weight is 421 g/mol. The highest BCUT2D eigenvalue weighted by molar-refractivity contribution is 6.31. The highest BCUT2D eigenvalue weighted by Crippen LogP contribution is 2.36. The van der Waals surface area contributed by atoms with Crippen molar-refractivity contribution in [2.24, 2.45) is 0 Å². The van der Waals surface area contributed by atoms with Gasteiger partial charge in [0.2, 0.25) is 5.82 Å². The molecule has 0 saturated heterocycles. The van der Waals surface area contributed by atoms with Gasteiger partial charge in [0.1, 0.15) is 0 Å². The third-order valence-electron chi connectivity index (χ3n) is 4.15. The standard InChI is InChI=1S/C18H12ClF3N6O/c1-9-2-4-10(5-3-9)16-24-17(29-26-16)14-15(23)28(27-25-14)11-6-7-12(13(19)8-11)18(20,21)22/h2-8H,23H2,1H3. The average Bonchev–Trinajstić information content (AvgIpc) is 3.28. The summed E-state index contributed by atoms with van der Waals surface area (Å²) in [5.74, 6) is 0.383. The molecule has 0 aliphatic carbocycles. The lowest BCUT2D eigenvalue weighted by Crippen LogP contribution is -2.08. The van der Waals surface area contributed by atoms with E-state index in [1.54, 1.807) is 0 Å². The summed E-state index contributed by atoms with van der Waals surface area (Å²) in [5.41, 5.74) is 7.23. The second kappa shape index (κ2) is 6.89. The Balaban J connectivity index is 1.68. The van der Waals surface area contributed by atoms with Crippen LogP contribution in [0.15, 0.2) is 47.0 Å². The van der Waals surface area contributed by atoms with Crippen LogP contribution in [0, 0.1) is 6.92 Å². The van der Waals surface area contributed by atoms with Gasteiger partial charge < -0.3 is 10.3 Å². The SMILES string of the molecule is Cc1ccc(-c2noc(-c3nnn(-c4ccc(C(F)(F)F)c(Cl)c4)c3N)n2)cc1. The topological polar surface area (TPSA) is 95.7 Å². The number of benzene rings is 2. The minimum atomic E-state index is -4.56. The Hall–Kier alpha value is -3.40. The fourth-order valence-electron chi connectivity index (χ4n) is 2.64. The van der Waals surface area contributed by atoms with E-state index in [1.807, 2.05) is 31.2 Å². The normalized spacial score (nSPS) is 11.8. The van der Waals surface area contributed by atoms with Crippen molar-refractivity contribution in [3.8, 4) is 28.7 Å². The number of rotatable bonds is 3. The Kier molecular flexibility index (Phi) is 4.50. The molecule has 0 unspecified atom stereocenters. The quantitative estimate of drug-likeness (QED) is 0.522. The zero-order chi connectivity index (χ0) is 20.8. The maximum atomic E-state index is 12.9. The van der Waals surface area contributed by atoms with Gasteiger partial charge in [-0.2, -0.15) is 22.8 Å². The summed E-state index contributed by atoms with van der Waals surface area (Å²) in [4.78, 5) is 4.26. The van der Waals surface area contributed by atoms with Gasteiger partial charge in [0.15, 0.2) is 11.5 Å². The fraction of sp³-hybridized carbons (Fsp3) is 0.111. The highest BCUT2D eigenvalue weighted by atomic mass is 35.5. The summed E-state index contributed by atoms with van der Waals surface area (Å²) in [6, 6.07) is 10.6. The van der Waals surface area contributed by atoms with Crippen LogP contribution >= 0.6 is 11.6 Å². The molecule has 0 atom stereocenters. The van der Waals surface area contributed by atoms with Crippen LogP contribution in [0.1, 0.15) is 11.1 Å². The number of aromatic nitrogens is 5. The molecule has 7 nitrogen and oxygen atoms in total. The smallest absolute Gasteiger partial charge is 0.382 e. The van der Waals surface area contributed by atoms with E-state index < -0.39 is 16.8 Å². The molecule has 2 aromatic heterocycles. The number of hydrogen-bond acceptors (Lipinski definition) is 6. The van der Waals surface area contributed by atoms with Gasteiger partial charge >= 0.3 is 6.18 Å². The second-order valence-electron chi connectivity index (χ2n) is 6.19. The minimum absolute atomic E-state index is 0.0138. The predicted octanol–water partition coefficient (Wildman–Crippen LogP) is 4.55. The molecule has 0 spiro atoms. The summed E-state index contributed by atoms with van der Waals surface area (Å²) in [5, 5.41) is 11.2. The van der Waals surface area contributed by atoms with E-state index in [-0.39, 0.29) is 23.1 Å². The number of hydrogen-bond donors (Lipinski definition) is 1. The molecule has 2 aromatic carbocycles. The first kappa shape index (κ1) is 18.9. The third-order valence-corrected chi connectivity index (χ3v) is 4.46. The molecular formula is C18H12ClF3N6O. The number of nitrogen functional groups attached to an aromatic ring is 1. The molecule has 11 heteroatoms. The van der Waals surface area contributed by atoms with Crippen molar-refractivity contribution in [3.63, 3.8) is 0 Å². The largest absolute Gasteiger partial charge is 0.417 e. The molecular weight excluding hydrogens is 409 g/mol. The van der Waals surface area contributed by atoms with E-state index in [2.05, 4.69) is 20.5 Å². The van der Waals surface area contributed by atoms with Gasteiger partial charge in [0.05, 0.1) is 16.3 Å². The fourth-order valence-corrected chi connectivity index (χ4v) is 2.92. The number of alkyl halides is 3. The molecule has 148 valence electrons. The van der Waals surface area contributed by atoms with E-state index in [4.69, 9.17) is 21.9 Å². The van der Waals surface area contributed by atoms with Crippen molar-refractivity contribution in [1.29, 1.82) is 0 Å². The zero-order valence-electron chi connectivity index (χ0n) is 14.8. The lowest BCUT2D eigenvalue weighted by atomic mass is 10.1. The number of aryl methyl sites for hydroxylation is 1. The maximum absolute atomic E-state index is 12.9. The van der Waals surface area contributed by atoms with Crippen LogP contribution in [0.25, 0.3) is 28.7 Å². The Morgan fingerprint density at radius 1 is 1.10 bits per heavy atom. The predicted molar refractivity (Wildman–Crippen MR) is 99.2 cm³/mol. The Bertz CT molecular complexity index is 1180. The van der Waals surface area contributed by atoms with Crippen LogP contribution in [0.3, 0.4) is 0 Å². The molecule has 0 aliphatic heterocycles. The molecule has 0 amide bonds. The molecule has 0 saturated carbocycles. The summed E-state index contributed by atoms with van der Waals surface area (Å²) in [6.45, 7) is 1.96. The summed E-state index contributed by atoms with van der Waals surface area (Å²) in [7, 11) is 0. The molecule has 2 N–H and O–H groups in total. The number of nitrogens with two attached hydrogens (primary N) is 1. The van der Waals surface area contributed by atoms with Crippen LogP contribution in [0.4, 0.5) is 19.0 Å². The van der Waals surface area contributed by atoms with E-state index in [0.717, 1.165) is 27.9 Å². The first-order chi connectivity index (χ1) is 13.7. The van der Waals surface area contributed by atoms with Crippen LogP contribution in [-0.2, 0) is 6.18 Å². The van der Waals surface area contributed by atoms with Gasteiger partial charge in [-0.25, -0.2) is 0 Å². The van der Waals surface area contributed by atoms with Crippen molar-refractivity contribution in [3.05, 3.63) is 58.6 Å². The van der Waals surface area contributed by atoms with Gasteiger partial charge in [0.25, 0.3) is 5.89 Å². The summed E-state index contributed by atoms with van der Waals surface area (Å²) >= 11 is 5.76. The molecule has 0 fully saturated rings. The van der Waals surface area contributed by atoms with E-state index >= 15 is 0 Å². The minimum Gasteiger partial charge on any atom is -0.382 e. The van der Waals surface area contributed by atoms with Crippen LogP contribution in [-0.4, -0.2) is 25.1 Å². The molecule has 0 radical (unpaired) electrons. The highest BCUT2D eigenvalue weighted by Gasteiger charge is 2.33. The van der Waals surface area contributed by atoms with E-state index in [1.165, 1.54) is 6.07 Å². The van der Waals surface area contributed by atoms with E-state index in [9.17, 15) is 13.2 Å². The third kappa shape index (κ3) is 3.54. The Labute approximate surface area is 166 Å². The van der Waals surface area contributed by atoms with Gasteiger partial charge in [-0.3, -0.25) is 0 Å². The Morgan fingerprint density at radius 3 is 2.48 bits per heavy atom. The number of anilines is 1. The molecule has 29 heavy (non-hydrogen) atoms. The molecule has 2 heterocycles. The van der Waals surface area contributed by atoms with Crippen molar-refractivity contribution in [2.45, 2.75) is 13.1 Å². The zero-order valence-corrected chi connectivity index (χ0v) is 15.5. The number of nitrogens with zero attached hydrogens (tertiary/aromatic N) is 5. The van der Waals surface area contributed by atoms with Crippen LogP contribution in [0.5, 0.6) is 0 Å². The first-order valence-electron chi connectivity index (χ1n) is 8.23. The first-order valence-corrected chi connectivity index (χ1v) is 8.61. The van der Waals surface area contributed by atoms with Gasteiger partial charge in [0, 0.05) is 5.56 Å². The van der Waals surface area contributed by atoms with Crippen LogP contribution in [0.2, 0.25) is 5.02 Å². The molecule has 4 aromatic rings. The van der Waals surface area contributed by atoms with Gasteiger partial charge in [-0.1, -0.05) is 51.8 Å². The lowest BCUT2D eigenvalue weighted by molar-refractivity contribution is -0.137. The lowest BCUT2D eigenvalue weighted by Gasteiger charge is -2.10. The monoisotopic (exact) mass is 420 g/mol. The van der Waals surface area contributed by atoms with Crippen molar-refractivity contribution in [2.75, 3.05) is 5.73 Å². The maximum Gasteiger partial charge on any atom is 0.417 e. The second-order valence-corrected chi connectivity index (χ2v) is 6.59. The van der Waals surface area contributed by atoms with Crippen molar-refractivity contribution in [1.82, 2.24) is 25.1 Å². The van der Waals surface area contributed by atoms with E-state index in [0.29, 0.717) is 5.82 Å². The molecule has 0 bridgehead atoms. The molecule has 4 rings (SSSR count). The number of halogens is 4. The van der Waals surface area contributed by atoms with Crippen molar-refractivity contribution < 1.29 is 17.7 Å². The van der Waals surface area contributed by atoms with Crippen LogP contribution < -0.4 is 5.73 Å².